The van der Waals surface area contributed by atoms with Crippen LogP contribution in [0.2, 0.25) is 0 Å². The Morgan fingerprint density at radius 2 is 1.85 bits per heavy atom. The molecule has 1 amide bonds. The number of H-pyrrole nitrogens is 1. The molecular formula is C34H41N5O2. The Kier molecular flexibility index (Phi) is 7.82. The van der Waals surface area contributed by atoms with Gasteiger partial charge >= 0.3 is 0 Å². The largest absolute Gasteiger partial charge is 0.381 e. The van der Waals surface area contributed by atoms with Crippen molar-refractivity contribution in [1.82, 2.24) is 19.8 Å². The molecule has 0 spiro atoms. The summed E-state index contributed by atoms with van der Waals surface area (Å²) in [6.07, 6.45) is 6.01. The third-order valence-electron chi connectivity index (χ3n) is 8.79. The van der Waals surface area contributed by atoms with Crippen molar-refractivity contribution >= 4 is 22.6 Å². The van der Waals surface area contributed by atoms with Crippen LogP contribution in [0.5, 0.6) is 0 Å². The maximum atomic E-state index is 13.0. The number of rotatable bonds is 7. The van der Waals surface area contributed by atoms with Crippen molar-refractivity contribution in [2.75, 3.05) is 64.9 Å². The van der Waals surface area contributed by atoms with E-state index in [1.807, 2.05) is 48.6 Å². The van der Waals surface area contributed by atoms with Gasteiger partial charge in [0.25, 0.3) is 5.91 Å². The standard InChI is InChI=1S/C34H41N5O2/c1-5-25-17-28(16-23(2)32(25)39-13-11-37(3)12-14-39)29-18-30-31(20-36-33(30)35-19-29)26-6-8-27(9-7-26)34(40)38(4)21-24-10-15-41-22-24/h6-9,16-20,24H,5,10-15,21-22H2,1-4H3,(H,35,36). The molecule has 1 unspecified atom stereocenters. The summed E-state index contributed by atoms with van der Waals surface area (Å²) in [6, 6.07) is 14.9. The Bertz CT molecular complexity index is 1530. The molecule has 1 atom stereocenters. The van der Waals surface area contributed by atoms with Crippen LogP contribution in [-0.4, -0.2) is 85.7 Å². The molecule has 0 saturated carbocycles. The van der Waals surface area contributed by atoms with Crippen LogP contribution in [0.25, 0.3) is 33.3 Å². The number of aryl methyl sites for hydroxylation is 2. The van der Waals surface area contributed by atoms with Gasteiger partial charge in [-0.3, -0.25) is 4.79 Å². The zero-order chi connectivity index (χ0) is 28.5. The smallest absolute Gasteiger partial charge is 0.253 e. The summed E-state index contributed by atoms with van der Waals surface area (Å²) in [5, 5.41) is 1.08. The number of pyridine rings is 1. The minimum absolute atomic E-state index is 0.0495. The van der Waals surface area contributed by atoms with E-state index in [9.17, 15) is 4.79 Å². The van der Waals surface area contributed by atoms with Crippen LogP contribution in [0.4, 0.5) is 5.69 Å². The third kappa shape index (κ3) is 5.61. The number of carbonyl (C=O) groups is 1. The number of carbonyl (C=O) groups excluding carboxylic acids is 1. The van der Waals surface area contributed by atoms with E-state index in [4.69, 9.17) is 9.72 Å². The van der Waals surface area contributed by atoms with Crippen molar-refractivity contribution in [2.45, 2.75) is 26.7 Å². The molecule has 2 saturated heterocycles. The molecule has 4 aromatic rings. The second kappa shape index (κ2) is 11.7. The van der Waals surface area contributed by atoms with Gasteiger partial charge in [-0.05, 0) is 79.4 Å². The Morgan fingerprint density at radius 1 is 1.07 bits per heavy atom. The lowest BCUT2D eigenvalue weighted by Gasteiger charge is -2.36. The van der Waals surface area contributed by atoms with Crippen molar-refractivity contribution in [2.24, 2.45) is 5.92 Å². The van der Waals surface area contributed by atoms with E-state index in [0.29, 0.717) is 11.5 Å². The highest BCUT2D eigenvalue weighted by Gasteiger charge is 2.22. The number of amides is 1. The van der Waals surface area contributed by atoms with Crippen molar-refractivity contribution in [1.29, 1.82) is 0 Å². The molecule has 7 heteroatoms. The van der Waals surface area contributed by atoms with Gasteiger partial charge in [-0.25, -0.2) is 4.98 Å². The van der Waals surface area contributed by atoms with Gasteiger partial charge in [0.1, 0.15) is 5.65 Å². The summed E-state index contributed by atoms with van der Waals surface area (Å²) in [4.78, 5) is 27.9. The zero-order valence-electron chi connectivity index (χ0n) is 24.7. The SMILES string of the molecule is CCc1cc(-c2cnc3[nH]cc(-c4ccc(C(=O)N(C)CC5CCOC5)cc4)c3c2)cc(C)c1N1CCN(C)CC1. The normalized spacial score (nSPS) is 17.9. The number of benzene rings is 2. The minimum Gasteiger partial charge on any atom is -0.381 e. The Labute approximate surface area is 243 Å². The molecule has 0 radical (unpaired) electrons. The number of aromatic amines is 1. The maximum absolute atomic E-state index is 13.0. The highest BCUT2D eigenvalue weighted by Crippen LogP contribution is 2.35. The highest BCUT2D eigenvalue weighted by atomic mass is 16.5. The van der Waals surface area contributed by atoms with Crippen molar-refractivity contribution in [3.05, 3.63) is 71.5 Å². The Balaban J connectivity index is 1.26. The second-order valence-corrected chi connectivity index (χ2v) is 11.8. The predicted molar refractivity (Wildman–Crippen MR) is 167 cm³/mol. The summed E-state index contributed by atoms with van der Waals surface area (Å²) in [5.74, 6) is 0.477. The molecule has 7 nitrogen and oxygen atoms in total. The number of likely N-dealkylation sites (N-methyl/N-ethyl adjacent to an activating group) is 1. The number of aromatic nitrogens is 2. The number of anilines is 1. The molecule has 2 aromatic heterocycles. The molecule has 2 aromatic carbocycles. The van der Waals surface area contributed by atoms with Gasteiger partial charge in [-0.2, -0.15) is 0 Å². The van der Waals surface area contributed by atoms with E-state index in [0.717, 1.165) is 86.5 Å². The fourth-order valence-electron chi connectivity index (χ4n) is 6.38. The van der Waals surface area contributed by atoms with Gasteiger partial charge < -0.3 is 24.4 Å². The minimum atomic E-state index is 0.0495. The van der Waals surface area contributed by atoms with Gasteiger partial charge in [0.15, 0.2) is 0 Å². The summed E-state index contributed by atoms with van der Waals surface area (Å²) < 4.78 is 5.47. The number of ether oxygens (including phenoxy) is 1. The first-order chi connectivity index (χ1) is 19.9. The quantitative estimate of drug-likeness (QED) is 0.323. The Morgan fingerprint density at radius 3 is 2.56 bits per heavy atom. The first-order valence-electron chi connectivity index (χ1n) is 14.9. The first kappa shape index (κ1) is 27.5. The highest BCUT2D eigenvalue weighted by molar-refractivity contribution is 5.98. The van der Waals surface area contributed by atoms with Crippen molar-refractivity contribution in [3.63, 3.8) is 0 Å². The molecule has 6 rings (SSSR count). The molecule has 4 heterocycles. The number of hydrogen-bond donors (Lipinski definition) is 1. The molecular weight excluding hydrogens is 510 g/mol. The molecule has 2 fully saturated rings. The van der Waals surface area contributed by atoms with E-state index in [2.05, 4.69) is 53.9 Å². The van der Waals surface area contributed by atoms with Crippen molar-refractivity contribution in [3.8, 4) is 22.3 Å². The predicted octanol–water partition coefficient (Wildman–Crippen LogP) is 5.63. The molecule has 214 valence electrons. The van der Waals surface area contributed by atoms with Crippen LogP contribution in [0.1, 0.15) is 34.8 Å². The van der Waals surface area contributed by atoms with Gasteiger partial charge in [-0.15, -0.1) is 0 Å². The first-order valence-corrected chi connectivity index (χ1v) is 14.9. The van der Waals surface area contributed by atoms with Crippen molar-refractivity contribution < 1.29 is 9.53 Å². The topological polar surface area (TPSA) is 64.7 Å². The number of nitrogens with zero attached hydrogens (tertiary/aromatic N) is 4. The third-order valence-corrected chi connectivity index (χ3v) is 8.79. The average Bonchev–Trinajstić information content (AvgIpc) is 3.66. The number of hydrogen-bond acceptors (Lipinski definition) is 5. The van der Waals surface area contributed by atoms with Gasteiger partial charge in [-0.1, -0.05) is 19.1 Å². The van der Waals surface area contributed by atoms with Crippen LogP contribution >= 0.6 is 0 Å². The molecule has 0 bridgehead atoms. The van der Waals surface area contributed by atoms with E-state index in [1.165, 1.54) is 22.4 Å². The summed E-state index contributed by atoms with van der Waals surface area (Å²) in [7, 11) is 4.08. The number of fused-ring (bicyclic) bond motifs is 1. The van der Waals surface area contributed by atoms with Gasteiger partial charge in [0.05, 0.1) is 6.61 Å². The molecule has 2 aliphatic rings. The fraction of sp³-hybridized carbons (Fsp3) is 0.412. The van der Waals surface area contributed by atoms with E-state index in [1.54, 1.807) is 0 Å². The average molecular weight is 552 g/mol. The van der Waals surface area contributed by atoms with Crippen LogP contribution < -0.4 is 4.90 Å². The number of nitrogens with one attached hydrogen (secondary N) is 1. The second-order valence-electron chi connectivity index (χ2n) is 11.8. The summed E-state index contributed by atoms with van der Waals surface area (Å²) in [5.41, 5.74) is 10.2. The Hall–Kier alpha value is -3.68. The lowest BCUT2D eigenvalue weighted by Crippen LogP contribution is -2.45. The van der Waals surface area contributed by atoms with E-state index in [-0.39, 0.29) is 5.91 Å². The van der Waals surface area contributed by atoms with E-state index >= 15 is 0 Å². The van der Waals surface area contributed by atoms with Crippen LogP contribution in [0, 0.1) is 12.8 Å². The lowest BCUT2D eigenvalue weighted by atomic mass is 9.95. The van der Waals surface area contributed by atoms with Gasteiger partial charge in [0, 0.05) is 92.5 Å². The molecule has 0 aliphatic carbocycles. The lowest BCUT2D eigenvalue weighted by molar-refractivity contribution is 0.0766. The van der Waals surface area contributed by atoms with Crippen LogP contribution in [0.3, 0.4) is 0 Å². The maximum Gasteiger partial charge on any atom is 0.253 e. The van der Waals surface area contributed by atoms with E-state index < -0.39 is 0 Å². The zero-order valence-corrected chi connectivity index (χ0v) is 24.7. The molecule has 2 aliphatic heterocycles. The number of piperazine rings is 1. The van der Waals surface area contributed by atoms with Crippen LogP contribution in [0.15, 0.2) is 54.9 Å². The monoisotopic (exact) mass is 551 g/mol. The summed E-state index contributed by atoms with van der Waals surface area (Å²) >= 11 is 0. The molecule has 1 N–H and O–H groups in total. The van der Waals surface area contributed by atoms with Crippen LogP contribution in [-0.2, 0) is 11.2 Å². The summed E-state index contributed by atoms with van der Waals surface area (Å²) in [6.45, 7) is 11.1. The van der Waals surface area contributed by atoms with Gasteiger partial charge in [0.2, 0.25) is 0 Å². The fourth-order valence-corrected chi connectivity index (χ4v) is 6.38. The molecule has 41 heavy (non-hydrogen) atoms.